The van der Waals surface area contributed by atoms with Crippen LogP contribution in [-0.4, -0.2) is 11.7 Å². The van der Waals surface area contributed by atoms with Gasteiger partial charge in [-0.25, -0.2) is 4.39 Å². The number of aliphatic hydroxyl groups excluding tert-OH is 1. The Morgan fingerprint density at radius 2 is 2.25 bits per heavy atom. The highest BCUT2D eigenvalue weighted by Gasteiger charge is 2.01. The SMILES string of the molecule is N#Cc1ccc(F)c(CCO)c1. The number of halogens is 1. The van der Waals surface area contributed by atoms with Crippen molar-refractivity contribution >= 4 is 0 Å². The first-order valence-corrected chi connectivity index (χ1v) is 3.57. The molecule has 0 saturated carbocycles. The fourth-order valence-corrected chi connectivity index (χ4v) is 0.956. The van der Waals surface area contributed by atoms with E-state index >= 15 is 0 Å². The third-order valence-corrected chi connectivity index (χ3v) is 1.56. The normalized spacial score (nSPS) is 9.42. The van der Waals surface area contributed by atoms with Crippen molar-refractivity contribution in [2.75, 3.05) is 6.61 Å². The number of aliphatic hydroxyl groups is 1. The molecular weight excluding hydrogens is 157 g/mol. The predicted octanol–water partition coefficient (Wildman–Crippen LogP) is 1.23. The van der Waals surface area contributed by atoms with Crippen LogP contribution in [0, 0.1) is 17.1 Å². The Balaban J connectivity index is 3.01. The Bertz CT molecular complexity index is 317. The summed E-state index contributed by atoms with van der Waals surface area (Å²) in [6.45, 7) is -0.105. The molecule has 62 valence electrons. The van der Waals surface area contributed by atoms with Crippen molar-refractivity contribution in [1.82, 2.24) is 0 Å². The second kappa shape index (κ2) is 3.84. The molecule has 12 heavy (non-hydrogen) atoms. The van der Waals surface area contributed by atoms with Gasteiger partial charge in [-0.1, -0.05) is 0 Å². The van der Waals surface area contributed by atoms with Gasteiger partial charge in [0.1, 0.15) is 5.82 Å². The highest BCUT2D eigenvalue weighted by Crippen LogP contribution is 2.10. The van der Waals surface area contributed by atoms with Crippen molar-refractivity contribution in [1.29, 1.82) is 5.26 Å². The van der Waals surface area contributed by atoms with Crippen LogP contribution in [0.4, 0.5) is 4.39 Å². The van der Waals surface area contributed by atoms with Crippen molar-refractivity contribution in [3.63, 3.8) is 0 Å². The third kappa shape index (κ3) is 1.80. The molecule has 0 radical (unpaired) electrons. The van der Waals surface area contributed by atoms with Gasteiger partial charge in [0.15, 0.2) is 0 Å². The predicted molar refractivity (Wildman–Crippen MR) is 41.9 cm³/mol. The topological polar surface area (TPSA) is 44.0 Å². The molecule has 0 saturated heterocycles. The molecule has 0 fully saturated rings. The van der Waals surface area contributed by atoms with E-state index in [2.05, 4.69) is 0 Å². The van der Waals surface area contributed by atoms with E-state index in [-0.39, 0.29) is 18.8 Å². The van der Waals surface area contributed by atoms with Crippen molar-refractivity contribution < 1.29 is 9.50 Å². The first-order chi connectivity index (χ1) is 5.77. The maximum Gasteiger partial charge on any atom is 0.126 e. The van der Waals surface area contributed by atoms with E-state index < -0.39 is 0 Å². The average molecular weight is 165 g/mol. The van der Waals surface area contributed by atoms with Crippen LogP contribution >= 0.6 is 0 Å². The third-order valence-electron chi connectivity index (χ3n) is 1.56. The molecule has 0 heterocycles. The number of hydrogen-bond donors (Lipinski definition) is 1. The molecule has 0 aromatic heterocycles. The summed E-state index contributed by atoms with van der Waals surface area (Å²) in [4.78, 5) is 0. The van der Waals surface area contributed by atoms with Crippen LogP contribution in [0.2, 0.25) is 0 Å². The Morgan fingerprint density at radius 1 is 1.50 bits per heavy atom. The van der Waals surface area contributed by atoms with Crippen LogP contribution in [0.15, 0.2) is 18.2 Å². The van der Waals surface area contributed by atoms with Gasteiger partial charge < -0.3 is 5.11 Å². The molecule has 0 bridgehead atoms. The summed E-state index contributed by atoms with van der Waals surface area (Å²) >= 11 is 0. The van der Waals surface area contributed by atoms with Crippen LogP contribution in [-0.2, 0) is 6.42 Å². The second-order valence-electron chi connectivity index (χ2n) is 2.39. The van der Waals surface area contributed by atoms with E-state index in [1.54, 1.807) is 0 Å². The zero-order chi connectivity index (χ0) is 8.97. The largest absolute Gasteiger partial charge is 0.396 e. The summed E-state index contributed by atoms with van der Waals surface area (Å²) in [5.41, 5.74) is 0.802. The molecule has 3 heteroatoms. The van der Waals surface area contributed by atoms with E-state index in [0.717, 1.165) is 0 Å². The first kappa shape index (κ1) is 8.69. The Morgan fingerprint density at radius 3 is 2.83 bits per heavy atom. The van der Waals surface area contributed by atoms with E-state index in [0.29, 0.717) is 11.1 Å². The summed E-state index contributed by atoms with van der Waals surface area (Å²) in [5.74, 6) is -0.372. The van der Waals surface area contributed by atoms with Crippen LogP contribution in [0.5, 0.6) is 0 Å². The van der Waals surface area contributed by atoms with Crippen LogP contribution in [0.1, 0.15) is 11.1 Å². The zero-order valence-electron chi connectivity index (χ0n) is 6.42. The standard InChI is InChI=1S/C9H8FNO/c10-9-2-1-7(6-11)5-8(9)3-4-12/h1-2,5,12H,3-4H2. The van der Waals surface area contributed by atoms with Gasteiger partial charge in [-0.2, -0.15) is 5.26 Å². The highest BCUT2D eigenvalue weighted by atomic mass is 19.1. The van der Waals surface area contributed by atoms with Gasteiger partial charge in [0.05, 0.1) is 11.6 Å². The molecule has 0 aliphatic rings. The number of rotatable bonds is 2. The smallest absolute Gasteiger partial charge is 0.126 e. The molecule has 0 aliphatic heterocycles. The molecule has 0 unspecified atom stereocenters. The quantitative estimate of drug-likeness (QED) is 0.716. The summed E-state index contributed by atoms with van der Waals surface area (Å²) in [6.07, 6.45) is 0.251. The van der Waals surface area contributed by atoms with Crippen LogP contribution < -0.4 is 0 Å². The van der Waals surface area contributed by atoms with Gasteiger partial charge in [0.2, 0.25) is 0 Å². The molecule has 0 aliphatic carbocycles. The minimum absolute atomic E-state index is 0.105. The summed E-state index contributed by atoms with van der Waals surface area (Å²) in [7, 11) is 0. The molecule has 1 rings (SSSR count). The summed E-state index contributed by atoms with van der Waals surface area (Å²) < 4.78 is 12.9. The molecule has 1 N–H and O–H groups in total. The van der Waals surface area contributed by atoms with Crippen molar-refractivity contribution in [3.05, 3.63) is 35.1 Å². The van der Waals surface area contributed by atoms with E-state index in [1.807, 2.05) is 6.07 Å². The van der Waals surface area contributed by atoms with Crippen molar-refractivity contribution in [3.8, 4) is 6.07 Å². The van der Waals surface area contributed by atoms with Crippen LogP contribution in [0.3, 0.4) is 0 Å². The van der Waals surface area contributed by atoms with Gasteiger partial charge in [0, 0.05) is 6.61 Å². The zero-order valence-corrected chi connectivity index (χ0v) is 6.42. The van der Waals surface area contributed by atoms with E-state index in [9.17, 15) is 4.39 Å². The fraction of sp³-hybridized carbons (Fsp3) is 0.222. The van der Waals surface area contributed by atoms with Gasteiger partial charge in [-0.15, -0.1) is 0 Å². The van der Waals surface area contributed by atoms with Gasteiger partial charge in [-0.3, -0.25) is 0 Å². The average Bonchev–Trinajstić information content (AvgIpc) is 2.09. The molecule has 1 aromatic rings. The Kier molecular flexibility index (Phi) is 2.78. The molecule has 0 spiro atoms. The van der Waals surface area contributed by atoms with E-state index in [4.69, 9.17) is 10.4 Å². The second-order valence-corrected chi connectivity index (χ2v) is 2.39. The lowest BCUT2D eigenvalue weighted by Crippen LogP contribution is -1.95. The molecular formula is C9H8FNO. The number of nitrogens with zero attached hydrogens (tertiary/aromatic N) is 1. The van der Waals surface area contributed by atoms with Crippen molar-refractivity contribution in [2.45, 2.75) is 6.42 Å². The van der Waals surface area contributed by atoms with E-state index in [1.165, 1.54) is 18.2 Å². The molecule has 1 aromatic carbocycles. The molecule has 0 atom stereocenters. The van der Waals surface area contributed by atoms with Gasteiger partial charge in [-0.05, 0) is 30.2 Å². The lowest BCUT2D eigenvalue weighted by molar-refractivity contribution is 0.297. The van der Waals surface area contributed by atoms with Gasteiger partial charge >= 0.3 is 0 Å². The lowest BCUT2D eigenvalue weighted by atomic mass is 10.1. The number of benzene rings is 1. The molecule has 0 amide bonds. The monoisotopic (exact) mass is 165 g/mol. The highest BCUT2D eigenvalue weighted by molar-refractivity contribution is 5.33. The number of hydrogen-bond acceptors (Lipinski definition) is 2. The Labute approximate surface area is 69.9 Å². The number of nitriles is 1. The first-order valence-electron chi connectivity index (χ1n) is 3.57. The fourth-order valence-electron chi connectivity index (χ4n) is 0.956. The maximum atomic E-state index is 12.9. The summed E-state index contributed by atoms with van der Waals surface area (Å²) in [6, 6.07) is 6.01. The van der Waals surface area contributed by atoms with Crippen molar-refractivity contribution in [2.24, 2.45) is 0 Å². The van der Waals surface area contributed by atoms with Gasteiger partial charge in [0.25, 0.3) is 0 Å². The lowest BCUT2D eigenvalue weighted by Gasteiger charge is -1.99. The molecule has 2 nitrogen and oxygen atoms in total. The summed E-state index contributed by atoms with van der Waals surface area (Å²) in [5, 5.41) is 17.0. The minimum atomic E-state index is -0.372. The Hall–Kier alpha value is -1.40. The van der Waals surface area contributed by atoms with Crippen LogP contribution in [0.25, 0.3) is 0 Å². The minimum Gasteiger partial charge on any atom is -0.396 e. The maximum absolute atomic E-state index is 12.9.